The van der Waals surface area contributed by atoms with E-state index in [2.05, 4.69) is 10.2 Å². The molecule has 76 valence electrons. The van der Waals surface area contributed by atoms with E-state index >= 15 is 0 Å². The van der Waals surface area contributed by atoms with E-state index in [1.807, 2.05) is 37.3 Å². The maximum Gasteiger partial charge on any atom is 0.0603 e. The number of halogens is 1. The monoisotopic (exact) mass is 218 g/mol. The standard InChI is InChI=1S/C12H11ClN2/c1-9-6-10(8-14-15-9)7-11-4-2-3-5-12(11)13/h2-6,8H,7H2,1H3. The number of rotatable bonds is 2. The molecular formula is C12H11ClN2. The largest absolute Gasteiger partial charge is 0.159 e. The Morgan fingerprint density at radius 3 is 2.80 bits per heavy atom. The highest BCUT2D eigenvalue weighted by Gasteiger charge is 2.01. The van der Waals surface area contributed by atoms with E-state index in [1.54, 1.807) is 6.20 Å². The molecule has 1 aromatic heterocycles. The van der Waals surface area contributed by atoms with Crippen molar-refractivity contribution >= 4 is 11.6 Å². The van der Waals surface area contributed by atoms with Crippen molar-refractivity contribution in [3.63, 3.8) is 0 Å². The highest BCUT2D eigenvalue weighted by Crippen LogP contribution is 2.18. The minimum Gasteiger partial charge on any atom is -0.159 e. The van der Waals surface area contributed by atoms with E-state index in [9.17, 15) is 0 Å². The molecule has 2 rings (SSSR count). The van der Waals surface area contributed by atoms with Crippen molar-refractivity contribution in [3.05, 3.63) is 58.4 Å². The number of nitrogens with zero attached hydrogens (tertiary/aromatic N) is 2. The van der Waals surface area contributed by atoms with Crippen molar-refractivity contribution in [2.45, 2.75) is 13.3 Å². The Kier molecular flexibility index (Phi) is 2.97. The van der Waals surface area contributed by atoms with Crippen LogP contribution in [0.3, 0.4) is 0 Å². The average Bonchev–Trinajstić information content (AvgIpc) is 2.22. The lowest BCUT2D eigenvalue weighted by Gasteiger charge is -2.03. The van der Waals surface area contributed by atoms with Crippen molar-refractivity contribution in [2.24, 2.45) is 0 Å². The van der Waals surface area contributed by atoms with E-state index in [-0.39, 0.29) is 0 Å². The topological polar surface area (TPSA) is 25.8 Å². The summed E-state index contributed by atoms with van der Waals surface area (Å²) in [4.78, 5) is 0. The minimum absolute atomic E-state index is 0.798. The molecule has 1 heterocycles. The van der Waals surface area contributed by atoms with E-state index in [0.717, 1.165) is 28.3 Å². The third kappa shape index (κ3) is 2.54. The molecule has 1 aromatic carbocycles. The van der Waals surface area contributed by atoms with Gasteiger partial charge in [-0.2, -0.15) is 10.2 Å². The molecule has 2 aromatic rings. The lowest BCUT2D eigenvalue weighted by Crippen LogP contribution is -1.93. The molecule has 0 saturated carbocycles. The third-order valence-corrected chi connectivity index (χ3v) is 2.55. The summed E-state index contributed by atoms with van der Waals surface area (Å²) >= 11 is 6.08. The predicted molar refractivity (Wildman–Crippen MR) is 61.0 cm³/mol. The zero-order valence-corrected chi connectivity index (χ0v) is 9.20. The second-order valence-electron chi connectivity index (χ2n) is 3.47. The second-order valence-corrected chi connectivity index (χ2v) is 3.88. The van der Waals surface area contributed by atoms with Crippen molar-refractivity contribution < 1.29 is 0 Å². The molecule has 0 fully saturated rings. The highest BCUT2D eigenvalue weighted by atomic mass is 35.5. The number of aromatic nitrogens is 2. The molecular weight excluding hydrogens is 208 g/mol. The van der Waals surface area contributed by atoms with Crippen molar-refractivity contribution in [3.8, 4) is 0 Å². The third-order valence-electron chi connectivity index (χ3n) is 2.19. The number of benzene rings is 1. The van der Waals surface area contributed by atoms with Gasteiger partial charge in [0.15, 0.2) is 0 Å². The van der Waals surface area contributed by atoms with Crippen LogP contribution >= 0.6 is 11.6 Å². The summed E-state index contributed by atoms with van der Waals surface area (Å²) in [6, 6.07) is 9.87. The highest BCUT2D eigenvalue weighted by molar-refractivity contribution is 6.31. The van der Waals surface area contributed by atoms with Crippen LogP contribution < -0.4 is 0 Å². The molecule has 0 spiro atoms. The maximum atomic E-state index is 6.08. The molecule has 0 atom stereocenters. The van der Waals surface area contributed by atoms with Gasteiger partial charge in [0.1, 0.15) is 0 Å². The first kappa shape index (κ1) is 10.1. The Morgan fingerprint density at radius 2 is 2.07 bits per heavy atom. The fraction of sp³-hybridized carbons (Fsp3) is 0.167. The smallest absolute Gasteiger partial charge is 0.0603 e. The molecule has 0 unspecified atom stereocenters. The fourth-order valence-corrected chi connectivity index (χ4v) is 1.69. The van der Waals surface area contributed by atoms with Gasteiger partial charge in [0.25, 0.3) is 0 Å². The van der Waals surface area contributed by atoms with Crippen molar-refractivity contribution in [1.29, 1.82) is 0 Å². The summed E-state index contributed by atoms with van der Waals surface area (Å²) in [6.45, 7) is 1.93. The molecule has 0 bridgehead atoms. The summed E-state index contributed by atoms with van der Waals surface area (Å²) in [5.74, 6) is 0. The fourth-order valence-electron chi connectivity index (χ4n) is 1.49. The summed E-state index contributed by atoms with van der Waals surface area (Å²) in [5, 5.41) is 8.64. The molecule has 0 amide bonds. The quantitative estimate of drug-likeness (QED) is 0.775. The Balaban J connectivity index is 2.26. The molecule has 0 saturated heterocycles. The van der Waals surface area contributed by atoms with Crippen LogP contribution in [0.4, 0.5) is 0 Å². The van der Waals surface area contributed by atoms with Crippen LogP contribution in [0.5, 0.6) is 0 Å². The summed E-state index contributed by atoms with van der Waals surface area (Å²) in [6.07, 6.45) is 2.58. The van der Waals surface area contributed by atoms with Crippen LogP contribution in [0.2, 0.25) is 5.02 Å². The van der Waals surface area contributed by atoms with Crippen molar-refractivity contribution in [1.82, 2.24) is 10.2 Å². The van der Waals surface area contributed by atoms with Gasteiger partial charge in [-0.25, -0.2) is 0 Å². The van der Waals surface area contributed by atoms with Gasteiger partial charge in [-0.15, -0.1) is 0 Å². The zero-order chi connectivity index (χ0) is 10.7. The molecule has 2 nitrogen and oxygen atoms in total. The lowest BCUT2D eigenvalue weighted by molar-refractivity contribution is 0.951. The van der Waals surface area contributed by atoms with Crippen LogP contribution in [0.15, 0.2) is 36.5 Å². The first-order valence-electron chi connectivity index (χ1n) is 4.77. The van der Waals surface area contributed by atoms with Crippen LogP contribution in [0.25, 0.3) is 0 Å². The predicted octanol–water partition coefficient (Wildman–Crippen LogP) is 3.03. The molecule has 0 radical (unpaired) electrons. The summed E-state index contributed by atoms with van der Waals surface area (Å²) in [5.41, 5.74) is 3.18. The molecule has 3 heteroatoms. The summed E-state index contributed by atoms with van der Waals surface area (Å²) < 4.78 is 0. The SMILES string of the molecule is Cc1cc(Cc2ccccc2Cl)cnn1. The molecule has 15 heavy (non-hydrogen) atoms. The Labute approximate surface area is 93.9 Å². The summed E-state index contributed by atoms with van der Waals surface area (Å²) in [7, 11) is 0. The number of aryl methyl sites for hydroxylation is 1. The zero-order valence-electron chi connectivity index (χ0n) is 8.44. The van der Waals surface area contributed by atoms with Gasteiger partial charge < -0.3 is 0 Å². The van der Waals surface area contributed by atoms with Crippen LogP contribution in [-0.4, -0.2) is 10.2 Å². The normalized spacial score (nSPS) is 10.3. The van der Waals surface area contributed by atoms with E-state index < -0.39 is 0 Å². The second kappa shape index (κ2) is 4.41. The Bertz CT molecular complexity index is 469. The van der Waals surface area contributed by atoms with Gasteiger partial charge in [0.05, 0.1) is 11.9 Å². The number of hydrogen-bond acceptors (Lipinski definition) is 2. The van der Waals surface area contributed by atoms with E-state index in [1.165, 1.54) is 0 Å². The van der Waals surface area contributed by atoms with E-state index in [0.29, 0.717) is 0 Å². The van der Waals surface area contributed by atoms with E-state index in [4.69, 9.17) is 11.6 Å². The first-order valence-corrected chi connectivity index (χ1v) is 5.15. The van der Waals surface area contributed by atoms with Gasteiger partial charge in [-0.1, -0.05) is 29.8 Å². The van der Waals surface area contributed by atoms with Crippen LogP contribution in [0, 0.1) is 6.92 Å². The average molecular weight is 219 g/mol. The number of hydrogen-bond donors (Lipinski definition) is 0. The molecule has 0 N–H and O–H groups in total. The van der Waals surface area contributed by atoms with Crippen LogP contribution in [0.1, 0.15) is 16.8 Å². The van der Waals surface area contributed by atoms with Gasteiger partial charge >= 0.3 is 0 Å². The molecule has 0 aliphatic carbocycles. The Hall–Kier alpha value is -1.41. The van der Waals surface area contributed by atoms with Gasteiger partial charge in [-0.3, -0.25) is 0 Å². The van der Waals surface area contributed by atoms with Crippen molar-refractivity contribution in [2.75, 3.05) is 0 Å². The van der Waals surface area contributed by atoms with Gasteiger partial charge in [-0.05, 0) is 30.2 Å². The first-order chi connectivity index (χ1) is 7.25. The minimum atomic E-state index is 0.798. The molecule has 0 aliphatic heterocycles. The maximum absolute atomic E-state index is 6.08. The molecule has 0 aliphatic rings. The van der Waals surface area contributed by atoms with Crippen LogP contribution in [-0.2, 0) is 6.42 Å². The van der Waals surface area contributed by atoms with Gasteiger partial charge in [0, 0.05) is 11.4 Å². The Morgan fingerprint density at radius 1 is 1.27 bits per heavy atom. The lowest BCUT2D eigenvalue weighted by atomic mass is 10.1. The van der Waals surface area contributed by atoms with Gasteiger partial charge in [0.2, 0.25) is 0 Å².